The van der Waals surface area contributed by atoms with Gasteiger partial charge >= 0.3 is 21.1 Å². The van der Waals surface area contributed by atoms with Crippen molar-refractivity contribution in [1.29, 1.82) is 0 Å². The van der Waals surface area contributed by atoms with Gasteiger partial charge in [0.25, 0.3) is 0 Å². The number of hydrogen-bond donors (Lipinski definition) is 0. The van der Waals surface area contributed by atoms with E-state index in [0.717, 1.165) is 5.56 Å². The Balaban J connectivity index is 0.000000231. The summed E-state index contributed by atoms with van der Waals surface area (Å²) >= 11 is 0. The van der Waals surface area contributed by atoms with Crippen LogP contribution >= 0.6 is 0 Å². The van der Waals surface area contributed by atoms with Crippen LogP contribution < -0.4 is 5.46 Å². The molecule has 0 bridgehead atoms. The summed E-state index contributed by atoms with van der Waals surface area (Å²) in [5.74, 6) is 0. The molecule has 3 saturated heterocycles. The fourth-order valence-corrected chi connectivity index (χ4v) is 4.35. The van der Waals surface area contributed by atoms with Crippen molar-refractivity contribution in [2.75, 3.05) is 0 Å². The monoisotopic (exact) mass is 619 g/mol. The molecule has 0 saturated carbocycles. The molecule has 242 valence electrons. The molecule has 0 aromatic heterocycles. The van der Waals surface area contributed by atoms with Crippen LogP contribution in [0.4, 0.5) is 0 Å². The molecule has 0 aliphatic carbocycles. The maximum Gasteiger partial charge on any atom is 0.494 e. The average Bonchev–Trinajstić information content (AvgIpc) is 3.44. The van der Waals surface area contributed by atoms with Crippen LogP contribution in [0.15, 0.2) is 36.4 Å². The second kappa shape index (κ2) is 12.5. The fourth-order valence-electron chi connectivity index (χ4n) is 4.35. The topological polar surface area (TPSA) is 55.4 Å². The van der Waals surface area contributed by atoms with Crippen molar-refractivity contribution in [1.82, 2.24) is 0 Å². The van der Waals surface area contributed by atoms with E-state index in [1.807, 2.05) is 83.1 Å². The van der Waals surface area contributed by atoms with Crippen LogP contribution in [0.1, 0.15) is 127 Å². The minimum absolute atomic E-state index is 0.0810. The molecule has 3 aliphatic heterocycles. The maximum absolute atomic E-state index is 7.62. The SMILES string of the molecule is CC1(C)OB(B2OC(C)(C)C(C)(C)O2)OC1(C)C.[2H]C([2H])([2H])c1ccc(B2OC(C)(C)C(C)(C)O2)cc1C([2H])([2H])[2H].[2H]C([2H])([2H])c1ccc(C)cc1C([2H])([2H])[2H]. The van der Waals surface area contributed by atoms with Crippen LogP contribution in [0.3, 0.4) is 0 Å². The van der Waals surface area contributed by atoms with Gasteiger partial charge < -0.3 is 27.9 Å². The van der Waals surface area contributed by atoms with E-state index in [9.17, 15) is 0 Å². The molecule has 3 heterocycles. The van der Waals surface area contributed by atoms with Crippen LogP contribution in [0.25, 0.3) is 0 Å². The highest BCUT2D eigenvalue weighted by Gasteiger charge is 2.63. The van der Waals surface area contributed by atoms with Gasteiger partial charge in [-0.3, -0.25) is 0 Å². The maximum atomic E-state index is 7.62. The lowest BCUT2D eigenvalue weighted by Gasteiger charge is -2.32. The highest BCUT2D eigenvalue weighted by molar-refractivity contribution is 7.11. The second-order valence-electron chi connectivity index (χ2n) is 14.7. The largest absolute Gasteiger partial charge is 0.494 e. The lowest BCUT2D eigenvalue weighted by Crippen LogP contribution is -2.41. The molecule has 2 aromatic carbocycles. The summed E-state index contributed by atoms with van der Waals surface area (Å²) in [5, 5.41) is 0. The fraction of sp³-hybridized carbons (Fsp3) is 0.657. The van der Waals surface area contributed by atoms with Crippen molar-refractivity contribution in [2.45, 2.75) is 151 Å². The molecule has 0 N–H and O–H groups in total. The molecule has 0 unspecified atom stereocenters. The van der Waals surface area contributed by atoms with Gasteiger partial charge in [0.05, 0.1) is 33.6 Å². The second-order valence-corrected chi connectivity index (χ2v) is 14.7. The summed E-state index contributed by atoms with van der Waals surface area (Å²) < 4.78 is 125. The van der Waals surface area contributed by atoms with Gasteiger partial charge in [-0.15, -0.1) is 0 Å². The first-order valence-electron chi connectivity index (χ1n) is 21.0. The third kappa shape index (κ3) is 7.84. The predicted molar refractivity (Wildman–Crippen MR) is 184 cm³/mol. The summed E-state index contributed by atoms with van der Waals surface area (Å²) in [6, 6.07) is 8.63. The third-order valence-electron chi connectivity index (χ3n) is 9.51. The van der Waals surface area contributed by atoms with Crippen LogP contribution in [0.2, 0.25) is 0 Å². The van der Waals surface area contributed by atoms with Gasteiger partial charge in [0.1, 0.15) is 0 Å². The molecule has 3 aliphatic rings. The van der Waals surface area contributed by atoms with Crippen molar-refractivity contribution >= 4 is 26.6 Å². The molecular formula is C35H57B3O6. The minimum atomic E-state index is -2.52. The number of hydrogen-bond acceptors (Lipinski definition) is 6. The molecule has 2 aromatic rings. The molecule has 0 radical (unpaired) electrons. The highest BCUT2D eigenvalue weighted by atomic mass is 16.7. The Morgan fingerprint density at radius 2 is 0.795 bits per heavy atom. The van der Waals surface area contributed by atoms with Gasteiger partial charge in [-0.25, -0.2) is 0 Å². The van der Waals surface area contributed by atoms with Crippen LogP contribution in [-0.4, -0.2) is 54.7 Å². The van der Waals surface area contributed by atoms with Crippen LogP contribution in [0, 0.1) is 34.3 Å². The van der Waals surface area contributed by atoms with E-state index >= 15 is 0 Å². The minimum Gasteiger partial charge on any atom is -0.405 e. The lowest BCUT2D eigenvalue weighted by molar-refractivity contribution is 0.00578. The average molecular weight is 618 g/mol. The van der Waals surface area contributed by atoms with Crippen LogP contribution in [0.5, 0.6) is 0 Å². The van der Waals surface area contributed by atoms with E-state index in [1.165, 1.54) is 24.3 Å². The first kappa shape index (κ1) is 22.8. The lowest BCUT2D eigenvalue weighted by atomic mass is 9.49. The van der Waals surface area contributed by atoms with Crippen molar-refractivity contribution in [3.63, 3.8) is 0 Å². The summed E-state index contributed by atoms with van der Waals surface area (Å²) in [6.45, 7) is 15.8. The van der Waals surface area contributed by atoms with Gasteiger partial charge in [-0.1, -0.05) is 42.0 Å². The Morgan fingerprint density at radius 1 is 0.455 bits per heavy atom. The molecule has 0 atom stereocenters. The van der Waals surface area contributed by atoms with E-state index < -0.39 is 59.7 Å². The summed E-state index contributed by atoms with van der Waals surface area (Å²) in [5.41, 5.74) is -1.83. The molecule has 9 heteroatoms. The van der Waals surface area contributed by atoms with Gasteiger partial charge in [0.2, 0.25) is 0 Å². The van der Waals surface area contributed by atoms with Crippen molar-refractivity contribution in [2.24, 2.45) is 0 Å². The molecule has 3 fully saturated rings. The number of benzene rings is 2. The van der Waals surface area contributed by atoms with E-state index in [4.69, 9.17) is 44.4 Å². The predicted octanol–water partition coefficient (Wildman–Crippen LogP) is 7.46. The number of rotatable bonds is 2. The summed E-state index contributed by atoms with van der Waals surface area (Å²) in [4.78, 5) is 0. The van der Waals surface area contributed by atoms with Gasteiger partial charge in [0.15, 0.2) is 0 Å². The van der Waals surface area contributed by atoms with Gasteiger partial charge in [-0.05, 0) is 145 Å². The first-order valence-corrected chi connectivity index (χ1v) is 15.0. The van der Waals surface area contributed by atoms with Crippen LogP contribution in [-0.2, 0) is 27.9 Å². The van der Waals surface area contributed by atoms with Crippen molar-refractivity contribution in [3.8, 4) is 0 Å². The first-order chi connectivity index (χ1) is 24.7. The molecule has 5 rings (SSSR count). The molecule has 0 spiro atoms. The van der Waals surface area contributed by atoms with Gasteiger partial charge in [-0.2, -0.15) is 0 Å². The smallest absolute Gasteiger partial charge is 0.405 e. The standard InChI is InChI=1S/C14H21BO2.C12H24B2O4.C9H12/c1-10-7-8-12(9-11(10)2)15-16-13(3,4)14(5,6)17-15;1-9(2)10(3,4)16-13(15-9)14-17-11(5,6)12(7,8)18-14;1-7-4-5-8(2)9(3)6-7/h7-9H,1-6H3;1-8H3;4-6H,1-3H3/i1D3,2D3;;2D3,3D3. The van der Waals surface area contributed by atoms with E-state index in [-0.39, 0.29) is 44.7 Å². The Hall–Kier alpha value is -1.61. The van der Waals surface area contributed by atoms with Crippen molar-refractivity contribution < 1.29 is 44.4 Å². The highest BCUT2D eigenvalue weighted by Crippen LogP contribution is 2.43. The van der Waals surface area contributed by atoms with Gasteiger partial charge in [0, 0.05) is 16.4 Å². The van der Waals surface area contributed by atoms with E-state index in [2.05, 4.69) is 0 Å². The van der Waals surface area contributed by atoms with E-state index in [0.29, 0.717) is 5.46 Å². The quantitative estimate of drug-likeness (QED) is 0.326. The zero-order valence-corrected chi connectivity index (χ0v) is 28.6. The Morgan fingerprint density at radius 3 is 1.18 bits per heavy atom. The summed E-state index contributed by atoms with van der Waals surface area (Å²) in [7, 11) is -1.68. The Bertz CT molecular complexity index is 1640. The Labute approximate surface area is 286 Å². The molecule has 44 heavy (non-hydrogen) atoms. The zero-order valence-electron chi connectivity index (χ0n) is 40.6. The Kier molecular flexibility index (Phi) is 6.51. The third-order valence-corrected chi connectivity index (χ3v) is 9.51. The van der Waals surface area contributed by atoms with E-state index in [1.54, 1.807) is 19.1 Å². The summed E-state index contributed by atoms with van der Waals surface area (Å²) in [6.07, 6.45) is 0. The zero-order chi connectivity index (χ0) is 43.7. The molecular weight excluding hydrogens is 549 g/mol. The normalized spacial score (nSPS) is 28.7. The molecule has 6 nitrogen and oxygen atoms in total. The number of aryl methyl sites for hydroxylation is 5. The van der Waals surface area contributed by atoms with Crippen molar-refractivity contribution in [3.05, 3.63) is 64.2 Å². The molecule has 0 amide bonds.